The minimum absolute atomic E-state index is 0.0758. The lowest BCUT2D eigenvalue weighted by atomic mass is 9.93. The first-order valence-corrected chi connectivity index (χ1v) is 9.00. The molecule has 0 amide bonds. The van der Waals surface area contributed by atoms with Crippen LogP contribution in [0.1, 0.15) is 37.9 Å². The Morgan fingerprint density at radius 3 is 2.54 bits per heavy atom. The molecule has 0 bridgehead atoms. The molecule has 1 fully saturated rings. The van der Waals surface area contributed by atoms with Crippen LogP contribution in [0.4, 0.5) is 13.2 Å². The maximum absolute atomic E-state index is 12.2. The Morgan fingerprint density at radius 1 is 1.29 bits per heavy atom. The van der Waals surface area contributed by atoms with Crippen LogP contribution >= 0.6 is 0 Å². The van der Waals surface area contributed by atoms with Crippen LogP contribution < -0.4 is 0 Å². The molecule has 0 aliphatic carbocycles. The highest BCUT2D eigenvalue weighted by atomic mass is 32.2. The molecule has 0 radical (unpaired) electrons. The Kier molecular flexibility index (Phi) is 6.06. The summed E-state index contributed by atoms with van der Waals surface area (Å²) in [5.41, 5.74) is -3.59. The van der Waals surface area contributed by atoms with Gasteiger partial charge >= 0.3 is 15.6 Å². The van der Waals surface area contributed by atoms with Crippen LogP contribution in [0.2, 0.25) is 0 Å². The highest BCUT2D eigenvalue weighted by molar-refractivity contribution is 7.87. The zero-order chi connectivity index (χ0) is 17.8. The van der Waals surface area contributed by atoms with Crippen molar-refractivity contribution in [2.75, 3.05) is 6.61 Å². The summed E-state index contributed by atoms with van der Waals surface area (Å²) in [6.45, 7) is 1.26. The molecule has 1 aliphatic rings. The van der Waals surface area contributed by atoms with Crippen LogP contribution in [0.3, 0.4) is 0 Å². The average molecular weight is 364 g/mol. The SMILES string of the molecule is CCC1OC(c2ccccc2)CC/C1=C\COS(=O)(=O)C(F)(F)F. The number of halogens is 3. The largest absolute Gasteiger partial charge is 0.523 e. The van der Waals surface area contributed by atoms with Gasteiger partial charge in [0.2, 0.25) is 0 Å². The second-order valence-corrected chi connectivity index (χ2v) is 7.04. The van der Waals surface area contributed by atoms with Gasteiger partial charge in [-0.2, -0.15) is 21.6 Å². The van der Waals surface area contributed by atoms with Crippen molar-refractivity contribution in [3.05, 3.63) is 47.5 Å². The lowest BCUT2D eigenvalue weighted by Gasteiger charge is -2.32. The van der Waals surface area contributed by atoms with Crippen molar-refractivity contribution in [1.82, 2.24) is 0 Å². The molecule has 1 aromatic rings. The first-order chi connectivity index (χ1) is 11.2. The Labute approximate surface area is 139 Å². The molecule has 8 heteroatoms. The number of benzene rings is 1. The molecule has 0 spiro atoms. The van der Waals surface area contributed by atoms with Crippen molar-refractivity contribution in [2.45, 2.75) is 43.9 Å². The first kappa shape index (κ1) is 19.0. The van der Waals surface area contributed by atoms with Gasteiger partial charge < -0.3 is 4.74 Å². The van der Waals surface area contributed by atoms with Crippen molar-refractivity contribution in [3.8, 4) is 0 Å². The molecule has 134 valence electrons. The highest BCUT2D eigenvalue weighted by Crippen LogP contribution is 2.35. The fraction of sp³-hybridized carbons (Fsp3) is 0.500. The third-order valence-corrected chi connectivity index (χ3v) is 4.84. The maximum atomic E-state index is 12.2. The molecule has 0 saturated carbocycles. The smallest absolute Gasteiger partial charge is 0.366 e. The predicted octanol–water partition coefficient (Wildman–Crippen LogP) is 4.11. The topological polar surface area (TPSA) is 52.6 Å². The molecule has 1 heterocycles. The van der Waals surface area contributed by atoms with Crippen molar-refractivity contribution in [1.29, 1.82) is 0 Å². The summed E-state index contributed by atoms with van der Waals surface area (Å²) in [6, 6.07) is 9.67. The molecule has 24 heavy (non-hydrogen) atoms. The summed E-state index contributed by atoms with van der Waals surface area (Å²) in [5, 5.41) is 0. The average Bonchev–Trinajstić information content (AvgIpc) is 2.54. The van der Waals surface area contributed by atoms with Crippen LogP contribution in [-0.2, 0) is 19.0 Å². The van der Waals surface area contributed by atoms with Crippen molar-refractivity contribution in [3.63, 3.8) is 0 Å². The van der Waals surface area contributed by atoms with Crippen LogP contribution in [0, 0.1) is 0 Å². The van der Waals surface area contributed by atoms with E-state index in [0.717, 1.165) is 11.1 Å². The molecule has 0 aromatic heterocycles. The molecule has 1 saturated heterocycles. The van der Waals surface area contributed by atoms with Gasteiger partial charge in [-0.1, -0.05) is 43.3 Å². The van der Waals surface area contributed by atoms with Gasteiger partial charge in [0, 0.05) is 0 Å². The zero-order valence-electron chi connectivity index (χ0n) is 13.1. The van der Waals surface area contributed by atoms with Crippen LogP contribution in [-0.4, -0.2) is 26.6 Å². The van der Waals surface area contributed by atoms with Gasteiger partial charge in [0.05, 0.1) is 18.8 Å². The molecular weight excluding hydrogens is 345 g/mol. The molecule has 2 rings (SSSR count). The van der Waals surface area contributed by atoms with E-state index in [2.05, 4.69) is 4.18 Å². The van der Waals surface area contributed by atoms with Gasteiger partial charge in [-0.3, -0.25) is 4.18 Å². The first-order valence-electron chi connectivity index (χ1n) is 7.59. The Balaban J connectivity index is 2.00. The van der Waals surface area contributed by atoms with E-state index in [9.17, 15) is 21.6 Å². The number of hydrogen-bond acceptors (Lipinski definition) is 4. The number of rotatable bonds is 5. The second kappa shape index (κ2) is 7.67. The summed E-state index contributed by atoms with van der Waals surface area (Å²) < 4.78 is 68.4. The van der Waals surface area contributed by atoms with Crippen LogP contribution in [0.25, 0.3) is 0 Å². The van der Waals surface area contributed by atoms with Crippen molar-refractivity contribution in [2.24, 2.45) is 0 Å². The van der Waals surface area contributed by atoms with Gasteiger partial charge in [0.15, 0.2) is 0 Å². The van der Waals surface area contributed by atoms with E-state index in [-0.39, 0.29) is 12.2 Å². The molecular formula is C16H19F3O4S. The van der Waals surface area contributed by atoms with Crippen LogP contribution in [0.5, 0.6) is 0 Å². The fourth-order valence-electron chi connectivity index (χ4n) is 2.61. The van der Waals surface area contributed by atoms with Crippen molar-refractivity contribution >= 4 is 10.1 Å². The highest BCUT2D eigenvalue weighted by Gasteiger charge is 2.47. The summed E-state index contributed by atoms with van der Waals surface area (Å²) in [4.78, 5) is 0. The van der Waals surface area contributed by atoms with E-state index in [0.29, 0.717) is 19.3 Å². The third-order valence-electron chi connectivity index (χ3n) is 3.83. The summed E-state index contributed by atoms with van der Waals surface area (Å²) in [7, 11) is -5.56. The summed E-state index contributed by atoms with van der Waals surface area (Å²) in [6.07, 6.45) is 2.97. The van der Waals surface area contributed by atoms with E-state index in [4.69, 9.17) is 4.74 Å². The number of alkyl halides is 3. The lowest BCUT2D eigenvalue weighted by molar-refractivity contribution is -0.0536. The van der Waals surface area contributed by atoms with Gasteiger partial charge in [-0.05, 0) is 30.4 Å². The molecule has 1 aliphatic heterocycles. The van der Waals surface area contributed by atoms with Gasteiger partial charge in [0.1, 0.15) is 0 Å². The van der Waals surface area contributed by atoms with E-state index < -0.39 is 22.2 Å². The molecule has 0 N–H and O–H groups in total. The fourth-order valence-corrected chi connectivity index (χ4v) is 3.00. The summed E-state index contributed by atoms with van der Waals surface area (Å²) in [5.74, 6) is 0. The molecule has 2 atom stereocenters. The predicted molar refractivity (Wildman–Crippen MR) is 82.6 cm³/mol. The lowest BCUT2D eigenvalue weighted by Crippen LogP contribution is -2.27. The number of hydrogen-bond donors (Lipinski definition) is 0. The quantitative estimate of drug-likeness (QED) is 0.448. The van der Waals surface area contributed by atoms with E-state index >= 15 is 0 Å². The minimum Gasteiger partial charge on any atom is -0.366 e. The Morgan fingerprint density at radius 2 is 1.96 bits per heavy atom. The molecule has 2 unspecified atom stereocenters. The Bertz CT molecular complexity index is 668. The van der Waals surface area contributed by atoms with Gasteiger partial charge in [0.25, 0.3) is 0 Å². The van der Waals surface area contributed by atoms with E-state index in [1.54, 1.807) is 0 Å². The Hall–Kier alpha value is -1.38. The van der Waals surface area contributed by atoms with E-state index in [1.165, 1.54) is 6.08 Å². The number of ether oxygens (including phenoxy) is 1. The monoisotopic (exact) mass is 364 g/mol. The van der Waals surface area contributed by atoms with Gasteiger partial charge in [-0.15, -0.1) is 0 Å². The van der Waals surface area contributed by atoms with E-state index in [1.807, 2.05) is 37.3 Å². The van der Waals surface area contributed by atoms with Gasteiger partial charge in [-0.25, -0.2) is 0 Å². The maximum Gasteiger partial charge on any atom is 0.523 e. The van der Waals surface area contributed by atoms with Crippen LogP contribution in [0.15, 0.2) is 42.0 Å². The van der Waals surface area contributed by atoms with Crippen molar-refractivity contribution < 1.29 is 30.5 Å². The molecule has 1 aromatic carbocycles. The zero-order valence-corrected chi connectivity index (χ0v) is 13.9. The third kappa shape index (κ3) is 4.58. The molecule has 4 nitrogen and oxygen atoms in total. The second-order valence-electron chi connectivity index (χ2n) is 5.43. The minimum atomic E-state index is -5.56. The standard InChI is InChI=1S/C16H19F3O4S/c1-2-14-13(10-11-22-24(20,21)16(17,18)19)8-9-15(23-14)12-6-4-3-5-7-12/h3-7,10,14-15H,2,8-9,11H2,1H3/b13-10+. The normalized spacial score (nSPS) is 24.2. The summed E-state index contributed by atoms with van der Waals surface area (Å²) >= 11 is 0.